The van der Waals surface area contributed by atoms with Gasteiger partial charge in [0, 0.05) is 38.8 Å². The molecule has 1 saturated heterocycles. The Morgan fingerprint density at radius 2 is 1.37 bits per heavy atom. The number of nitrogens with zero attached hydrogens (tertiary/aromatic N) is 2. The number of aryl methyl sites for hydroxylation is 1. The quantitative estimate of drug-likeness (QED) is 0.731. The molecule has 2 nitrogen and oxygen atoms in total. The molecule has 1 saturated carbocycles. The van der Waals surface area contributed by atoms with E-state index in [1.807, 2.05) is 0 Å². The molecule has 27 heavy (non-hydrogen) atoms. The molecule has 0 bridgehead atoms. The third kappa shape index (κ3) is 4.80. The van der Waals surface area contributed by atoms with Crippen molar-refractivity contribution in [2.75, 3.05) is 26.2 Å². The number of rotatable bonds is 5. The first-order valence-electron chi connectivity index (χ1n) is 10.9. The minimum absolute atomic E-state index is 0.787. The summed E-state index contributed by atoms with van der Waals surface area (Å²) in [6.07, 6.45) is 6.60. The lowest BCUT2D eigenvalue weighted by atomic mass is 9.81. The fraction of sp³-hybridized carbons (Fsp3) is 0.520. The minimum atomic E-state index is 0.787. The minimum Gasteiger partial charge on any atom is -0.298 e. The second-order valence-electron chi connectivity index (χ2n) is 8.40. The van der Waals surface area contributed by atoms with Crippen LogP contribution in [0.25, 0.3) is 0 Å². The average Bonchev–Trinajstić information content (AvgIpc) is 2.76. The highest BCUT2D eigenvalue weighted by atomic mass is 15.3. The van der Waals surface area contributed by atoms with Crippen molar-refractivity contribution in [3.8, 4) is 0 Å². The first-order valence-corrected chi connectivity index (χ1v) is 10.9. The molecule has 2 aromatic carbocycles. The highest BCUT2D eigenvalue weighted by Crippen LogP contribution is 2.35. The van der Waals surface area contributed by atoms with Gasteiger partial charge in [0.1, 0.15) is 0 Å². The molecule has 2 heteroatoms. The molecule has 4 rings (SSSR count). The Morgan fingerprint density at radius 1 is 0.741 bits per heavy atom. The van der Waals surface area contributed by atoms with Crippen LogP contribution in [0, 0.1) is 0 Å². The van der Waals surface area contributed by atoms with Crippen molar-refractivity contribution in [1.82, 2.24) is 9.80 Å². The van der Waals surface area contributed by atoms with Crippen LogP contribution in [-0.2, 0) is 13.0 Å². The lowest BCUT2D eigenvalue weighted by molar-refractivity contribution is 0.0727. The maximum atomic E-state index is 2.78. The van der Waals surface area contributed by atoms with Crippen molar-refractivity contribution in [3.05, 3.63) is 71.3 Å². The van der Waals surface area contributed by atoms with Gasteiger partial charge in [-0.2, -0.15) is 0 Å². The van der Waals surface area contributed by atoms with Crippen molar-refractivity contribution in [2.45, 2.75) is 57.5 Å². The van der Waals surface area contributed by atoms with Gasteiger partial charge in [0.15, 0.2) is 0 Å². The molecule has 0 unspecified atom stereocenters. The van der Waals surface area contributed by atoms with E-state index in [9.17, 15) is 0 Å². The highest BCUT2D eigenvalue weighted by Gasteiger charge is 2.28. The number of hydrogen-bond acceptors (Lipinski definition) is 2. The van der Waals surface area contributed by atoms with Crippen LogP contribution in [0.15, 0.2) is 54.6 Å². The van der Waals surface area contributed by atoms with Crippen LogP contribution in [-0.4, -0.2) is 42.0 Å². The third-order valence-corrected chi connectivity index (χ3v) is 6.73. The van der Waals surface area contributed by atoms with Crippen LogP contribution in [0.5, 0.6) is 0 Å². The molecule has 2 aromatic rings. The van der Waals surface area contributed by atoms with Gasteiger partial charge in [0.05, 0.1) is 0 Å². The largest absolute Gasteiger partial charge is 0.298 e. The Kier molecular flexibility index (Phi) is 6.26. The molecular weight excluding hydrogens is 328 g/mol. The number of hydrogen-bond donors (Lipinski definition) is 0. The van der Waals surface area contributed by atoms with E-state index in [1.165, 1.54) is 63.0 Å². The van der Waals surface area contributed by atoms with E-state index in [4.69, 9.17) is 0 Å². The van der Waals surface area contributed by atoms with E-state index in [1.54, 1.807) is 5.56 Å². The van der Waals surface area contributed by atoms with Crippen molar-refractivity contribution in [2.24, 2.45) is 0 Å². The van der Waals surface area contributed by atoms with Gasteiger partial charge in [-0.25, -0.2) is 0 Å². The second-order valence-corrected chi connectivity index (χ2v) is 8.40. The van der Waals surface area contributed by atoms with E-state index in [0.29, 0.717) is 0 Å². The van der Waals surface area contributed by atoms with Crippen molar-refractivity contribution < 1.29 is 0 Å². The van der Waals surface area contributed by atoms with Crippen LogP contribution in [0.2, 0.25) is 0 Å². The van der Waals surface area contributed by atoms with E-state index < -0.39 is 0 Å². The summed E-state index contributed by atoms with van der Waals surface area (Å²) in [6, 6.07) is 21.2. The number of benzene rings is 2. The molecule has 0 spiro atoms. The molecule has 2 aliphatic rings. The topological polar surface area (TPSA) is 6.48 Å². The number of piperazine rings is 1. The molecule has 1 aliphatic heterocycles. The van der Waals surface area contributed by atoms with Gasteiger partial charge in [0.2, 0.25) is 0 Å². The molecular formula is C25H34N2. The summed E-state index contributed by atoms with van der Waals surface area (Å²) in [5.41, 5.74) is 4.45. The fourth-order valence-corrected chi connectivity index (χ4v) is 4.92. The normalized spacial score (nSPS) is 24.8. The predicted octanol–water partition coefficient (Wildman–Crippen LogP) is 5.09. The molecule has 1 aliphatic carbocycles. The van der Waals surface area contributed by atoms with Crippen LogP contribution in [0.1, 0.15) is 55.2 Å². The molecule has 0 amide bonds. The third-order valence-electron chi connectivity index (χ3n) is 6.73. The Hall–Kier alpha value is -1.64. The maximum absolute atomic E-state index is 2.78. The summed E-state index contributed by atoms with van der Waals surface area (Å²) in [5.74, 6) is 0.787. The van der Waals surface area contributed by atoms with Crippen LogP contribution in [0.3, 0.4) is 0 Å². The summed E-state index contributed by atoms with van der Waals surface area (Å²) < 4.78 is 0. The van der Waals surface area contributed by atoms with Gasteiger partial charge < -0.3 is 0 Å². The van der Waals surface area contributed by atoms with Gasteiger partial charge in [0.25, 0.3) is 0 Å². The lowest BCUT2D eigenvalue weighted by Gasteiger charge is -2.42. The van der Waals surface area contributed by atoms with E-state index in [-0.39, 0.29) is 0 Å². The van der Waals surface area contributed by atoms with Gasteiger partial charge in [-0.05, 0) is 54.7 Å². The molecule has 0 atom stereocenters. The maximum Gasteiger partial charge on any atom is 0.0234 e. The summed E-state index contributed by atoms with van der Waals surface area (Å²) in [6.45, 7) is 8.25. The summed E-state index contributed by atoms with van der Waals surface area (Å²) in [4.78, 5) is 5.41. The molecule has 144 valence electrons. The smallest absolute Gasteiger partial charge is 0.0234 e. The van der Waals surface area contributed by atoms with Crippen LogP contribution < -0.4 is 0 Å². The van der Waals surface area contributed by atoms with Gasteiger partial charge in [-0.15, -0.1) is 0 Å². The first-order chi connectivity index (χ1) is 13.3. The Bertz CT molecular complexity index is 678. The molecule has 2 fully saturated rings. The Balaban J connectivity index is 1.22. The van der Waals surface area contributed by atoms with E-state index in [0.717, 1.165) is 24.9 Å². The SMILES string of the molecule is CCc1ccc(CN2CCN(C3CCC(c4ccccc4)CC3)CC2)cc1. The lowest BCUT2D eigenvalue weighted by Crippen LogP contribution is -2.50. The first kappa shape index (κ1) is 18.7. The van der Waals surface area contributed by atoms with E-state index in [2.05, 4.69) is 71.3 Å². The average molecular weight is 363 g/mol. The van der Waals surface area contributed by atoms with E-state index >= 15 is 0 Å². The predicted molar refractivity (Wildman–Crippen MR) is 114 cm³/mol. The van der Waals surface area contributed by atoms with Gasteiger partial charge in [-0.1, -0.05) is 61.5 Å². The van der Waals surface area contributed by atoms with Gasteiger partial charge >= 0.3 is 0 Å². The van der Waals surface area contributed by atoms with Crippen LogP contribution >= 0.6 is 0 Å². The van der Waals surface area contributed by atoms with Crippen LogP contribution in [0.4, 0.5) is 0 Å². The van der Waals surface area contributed by atoms with Crippen molar-refractivity contribution in [3.63, 3.8) is 0 Å². The summed E-state index contributed by atoms with van der Waals surface area (Å²) in [5, 5.41) is 0. The zero-order valence-electron chi connectivity index (χ0n) is 16.8. The molecule has 0 aromatic heterocycles. The standard InChI is InChI=1S/C25H34N2/c1-2-21-8-10-22(11-9-21)20-26-16-18-27(19-17-26)25-14-12-24(13-15-25)23-6-4-3-5-7-23/h3-11,24-25H,2,12-20H2,1H3. The summed E-state index contributed by atoms with van der Waals surface area (Å²) >= 11 is 0. The monoisotopic (exact) mass is 362 g/mol. The summed E-state index contributed by atoms with van der Waals surface area (Å²) in [7, 11) is 0. The molecule has 1 heterocycles. The Morgan fingerprint density at radius 3 is 2.00 bits per heavy atom. The zero-order chi connectivity index (χ0) is 18.5. The van der Waals surface area contributed by atoms with Gasteiger partial charge in [-0.3, -0.25) is 9.80 Å². The van der Waals surface area contributed by atoms with Crippen molar-refractivity contribution >= 4 is 0 Å². The van der Waals surface area contributed by atoms with Crippen molar-refractivity contribution in [1.29, 1.82) is 0 Å². The highest BCUT2D eigenvalue weighted by molar-refractivity contribution is 5.22. The second kappa shape index (κ2) is 9.03. The molecule has 0 radical (unpaired) electrons. The molecule has 0 N–H and O–H groups in total. The zero-order valence-corrected chi connectivity index (χ0v) is 16.8. The fourth-order valence-electron chi connectivity index (χ4n) is 4.92. The Labute approximate surface area is 165 Å².